The van der Waals surface area contributed by atoms with E-state index >= 15 is 0 Å². The molecule has 1 aromatic heterocycles. The summed E-state index contributed by atoms with van der Waals surface area (Å²) in [7, 11) is 0. The van der Waals surface area contributed by atoms with Crippen LogP contribution in [0.25, 0.3) is 0 Å². The van der Waals surface area contributed by atoms with Crippen molar-refractivity contribution in [1.82, 2.24) is 0 Å². The lowest BCUT2D eigenvalue weighted by atomic mass is 9.86. The Morgan fingerprint density at radius 2 is 1.78 bits per heavy atom. The summed E-state index contributed by atoms with van der Waals surface area (Å²) in [6, 6.07) is 0. The van der Waals surface area contributed by atoms with Gasteiger partial charge in [0.05, 0.1) is 8.42 Å². The van der Waals surface area contributed by atoms with Crippen molar-refractivity contribution in [2.75, 3.05) is 0 Å². The van der Waals surface area contributed by atoms with Crippen LogP contribution < -0.4 is 0 Å². The van der Waals surface area contributed by atoms with Crippen LogP contribution in [0.15, 0.2) is 20.6 Å². The van der Waals surface area contributed by atoms with E-state index in [4.69, 9.17) is 12.2 Å². The predicted octanol–water partition coefficient (Wildman–Crippen LogP) is 5.32. The lowest BCUT2D eigenvalue weighted by Gasteiger charge is -2.29. The Morgan fingerprint density at radius 3 is 2.67 bits per heavy atom. The Morgan fingerprint density at radius 1 is 1.00 bits per heavy atom. The molecule has 5 rings (SSSR count). The molecule has 0 radical (unpaired) electrons. The second kappa shape index (κ2) is 3.88. The first kappa shape index (κ1) is 11.4. The zero-order chi connectivity index (χ0) is 11.9. The van der Waals surface area contributed by atoms with E-state index in [0.717, 1.165) is 37.3 Å². The molecule has 0 saturated heterocycles. The van der Waals surface area contributed by atoms with Gasteiger partial charge in [0.1, 0.15) is 3.14 Å². The van der Waals surface area contributed by atoms with Gasteiger partial charge in [0.15, 0.2) is 0 Å². The lowest BCUT2D eigenvalue weighted by Crippen LogP contribution is -2.26. The van der Waals surface area contributed by atoms with Crippen LogP contribution >= 0.6 is 58.4 Å². The highest BCUT2D eigenvalue weighted by Crippen LogP contribution is 2.65. The Hall–Kier alpha value is 0.710. The molecule has 4 aliphatic rings. The van der Waals surface area contributed by atoms with E-state index in [1.165, 1.54) is 21.3 Å². The maximum Gasteiger partial charge on any atom is 0.145 e. The molecule has 1 aliphatic heterocycles. The van der Waals surface area contributed by atoms with Gasteiger partial charge in [-0.25, -0.2) is 0 Å². The first-order valence-electron chi connectivity index (χ1n) is 6.45. The summed E-state index contributed by atoms with van der Waals surface area (Å²) in [6.45, 7) is 0. The minimum absolute atomic E-state index is 0.864. The number of fused-ring (bicyclic) bond motifs is 8. The third-order valence-electron chi connectivity index (χ3n) is 4.96. The molecule has 0 unspecified atom stereocenters. The van der Waals surface area contributed by atoms with E-state index in [0.29, 0.717) is 0 Å². The molecule has 5 heteroatoms. The highest BCUT2D eigenvalue weighted by atomic mass is 32.2. The Labute approximate surface area is 128 Å². The normalized spacial score (nSPS) is 47.1. The van der Waals surface area contributed by atoms with Crippen LogP contribution in [0.2, 0.25) is 0 Å². The van der Waals surface area contributed by atoms with Gasteiger partial charge in [-0.2, -0.15) is 0 Å². The second-order valence-corrected chi connectivity index (χ2v) is 11.9. The Bertz CT molecular complexity index is 597. The van der Waals surface area contributed by atoms with Crippen molar-refractivity contribution in [1.29, 1.82) is 0 Å². The van der Waals surface area contributed by atoms with Crippen molar-refractivity contribution in [2.24, 2.45) is 23.7 Å². The third kappa shape index (κ3) is 1.43. The molecule has 94 valence electrons. The van der Waals surface area contributed by atoms with E-state index in [1.807, 2.05) is 22.7 Å². The molecule has 0 spiro atoms. The van der Waals surface area contributed by atoms with Gasteiger partial charge in [0, 0.05) is 10.5 Å². The van der Waals surface area contributed by atoms with Gasteiger partial charge in [-0.15, -0.1) is 46.2 Å². The van der Waals surface area contributed by atoms with Crippen molar-refractivity contribution in [2.45, 2.75) is 31.8 Å². The number of hydrogen-bond acceptors (Lipinski definition) is 5. The van der Waals surface area contributed by atoms with Crippen molar-refractivity contribution in [3.05, 3.63) is 15.3 Å². The highest BCUT2D eigenvalue weighted by molar-refractivity contribution is 8.09. The summed E-state index contributed by atoms with van der Waals surface area (Å²) in [4.78, 5) is 0. The average Bonchev–Trinajstić information content (AvgIpc) is 3.03. The summed E-state index contributed by atoms with van der Waals surface area (Å²) in [6.07, 6.45) is 7.94. The SMILES string of the molecule is S=c1sc2c(s1)S[C@H]1C[C@H]3[C@H]([C@@H]1S2)[C@H]1C=C[C@H]3C1. The van der Waals surface area contributed by atoms with Gasteiger partial charge in [0.25, 0.3) is 0 Å². The fraction of sp³-hybridized carbons (Fsp3) is 0.615. The first-order valence-corrected chi connectivity index (χ1v) is 10.3. The lowest BCUT2D eigenvalue weighted by molar-refractivity contribution is 0.369. The minimum atomic E-state index is 0.864. The molecule has 0 amide bonds. The molecular formula is C13H12S5. The fourth-order valence-corrected chi connectivity index (χ4v) is 11.8. The van der Waals surface area contributed by atoms with Gasteiger partial charge < -0.3 is 0 Å². The molecule has 2 saturated carbocycles. The molecule has 0 nitrogen and oxygen atoms in total. The number of hydrogen-bond donors (Lipinski definition) is 0. The minimum Gasteiger partial charge on any atom is -0.109 e. The van der Waals surface area contributed by atoms with E-state index in [-0.39, 0.29) is 0 Å². The van der Waals surface area contributed by atoms with E-state index in [2.05, 4.69) is 35.7 Å². The molecule has 18 heavy (non-hydrogen) atoms. The van der Waals surface area contributed by atoms with Crippen LogP contribution in [0.5, 0.6) is 0 Å². The molecule has 1 aromatic rings. The average molecular weight is 329 g/mol. The molecule has 0 aromatic carbocycles. The van der Waals surface area contributed by atoms with Gasteiger partial charge in [-0.1, -0.05) is 24.4 Å². The van der Waals surface area contributed by atoms with Crippen LogP contribution in [0.4, 0.5) is 0 Å². The topological polar surface area (TPSA) is 0 Å². The largest absolute Gasteiger partial charge is 0.145 e. The van der Waals surface area contributed by atoms with Gasteiger partial charge in [0.2, 0.25) is 0 Å². The van der Waals surface area contributed by atoms with Crippen LogP contribution in [0.1, 0.15) is 12.8 Å². The van der Waals surface area contributed by atoms with Crippen LogP contribution in [-0.4, -0.2) is 10.5 Å². The van der Waals surface area contributed by atoms with E-state index < -0.39 is 0 Å². The molecule has 2 fully saturated rings. The predicted molar refractivity (Wildman–Crippen MR) is 84.7 cm³/mol. The smallest absolute Gasteiger partial charge is 0.109 e. The molecule has 6 atom stereocenters. The third-order valence-corrected chi connectivity index (χ3v) is 11.4. The monoisotopic (exact) mass is 328 g/mol. The zero-order valence-corrected chi connectivity index (χ0v) is 13.7. The number of allylic oxidation sites excluding steroid dienone is 2. The molecule has 0 N–H and O–H groups in total. The highest BCUT2D eigenvalue weighted by Gasteiger charge is 2.56. The maximum absolute atomic E-state index is 5.36. The van der Waals surface area contributed by atoms with Crippen molar-refractivity contribution < 1.29 is 0 Å². The van der Waals surface area contributed by atoms with Gasteiger partial charge >= 0.3 is 0 Å². The van der Waals surface area contributed by atoms with Crippen molar-refractivity contribution >= 4 is 58.4 Å². The molecule has 3 aliphatic carbocycles. The maximum atomic E-state index is 5.36. The molecule has 2 heterocycles. The van der Waals surface area contributed by atoms with E-state index in [9.17, 15) is 0 Å². The first-order chi connectivity index (χ1) is 8.79. The van der Waals surface area contributed by atoms with Crippen LogP contribution in [0.3, 0.4) is 0 Å². The summed E-state index contributed by atoms with van der Waals surface area (Å²) < 4.78 is 4.17. The Balaban J connectivity index is 1.55. The van der Waals surface area contributed by atoms with E-state index in [1.54, 1.807) is 0 Å². The summed E-state index contributed by atoms with van der Waals surface area (Å²) >= 11 is 13.4. The zero-order valence-electron chi connectivity index (χ0n) is 9.57. The fourth-order valence-electron chi connectivity index (χ4n) is 4.36. The summed E-state index contributed by atoms with van der Waals surface area (Å²) in [5.74, 6) is 3.78. The number of thioether (sulfide) groups is 2. The van der Waals surface area contributed by atoms with Crippen LogP contribution in [-0.2, 0) is 0 Å². The summed E-state index contributed by atoms with van der Waals surface area (Å²) in [5, 5.41) is 1.73. The Kier molecular flexibility index (Phi) is 2.45. The van der Waals surface area contributed by atoms with Gasteiger partial charge in [-0.3, -0.25) is 0 Å². The number of rotatable bonds is 0. The molecular weight excluding hydrogens is 316 g/mol. The quantitative estimate of drug-likeness (QED) is 0.467. The van der Waals surface area contributed by atoms with Crippen molar-refractivity contribution in [3.8, 4) is 0 Å². The van der Waals surface area contributed by atoms with Gasteiger partial charge in [-0.05, 0) is 36.5 Å². The van der Waals surface area contributed by atoms with Crippen molar-refractivity contribution in [3.63, 3.8) is 0 Å². The standard InChI is InChI=1S/C13H12S5/c14-13-17-11-12(18-13)16-10-8(15-11)4-7-5-1-2-6(3-5)9(7)10/h1-2,5-10H,3-4H2/t5-,6-,7+,8-,9+,10+/m0/s1. The second-order valence-electron chi connectivity index (χ2n) is 5.69. The van der Waals surface area contributed by atoms with Crippen LogP contribution in [0, 0.1) is 26.8 Å². The molecule has 2 bridgehead atoms. The summed E-state index contributed by atoms with van der Waals surface area (Å²) in [5.41, 5.74) is 0.